The number of rotatable bonds is 7. The first kappa shape index (κ1) is 24.3. The van der Waals surface area contributed by atoms with Gasteiger partial charge >= 0.3 is 0 Å². The smallest absolute Gasteiger partial charge is 0.243 e. The third-order valence-corrected chi connectivity index (χ3v) is 8.08. The summed E-state index contributed by atoms with van der Waals surface area (Å²) in [6, 6.07) is 11.3. The second-order valence-corrected chi connectivity index (χ2v) is 10.8. The zero-order valence-corrected chi connectivity index (χ0v) is 20.5. The molecule has 0 radical (unpaired) electrons. The molecule has 2 aromatic carbocycles. The van der Waals surface area contributed by atoms with Crippen LogP contribution in [0.2, 0.25) is 0 Å². The van der Waals surface area contributed by atoms with E-state index in [-0.39, 0.29) is 11.8 Å². The molecule has 1 aliphatic rings. The van der Waals surface area contributed by atoms with Gasteiger partial charge in [-0.15, -0.1) is 0 Å². The van der Waals surface area contributed by atoms with E-state index >= 15 is 0 Å². The van der Waals surface area contributed by atoms with Crippen molar-refractivity contribution >= 4 is 15.9 Å². The van der Waals surface area contributed by atoms with E-state index in [1.54, 1.807) is 24.1 Å². The molecular formula is C25H34N2O4S. The van der Waals surface area contributed by atoms with Gasteiger partial charge in [0, 0.05) is 26.1 Å². The molecule has 1 aliphatic heterocycles. The molecule has 0 aromatic heterocycles. The second-order valence-electron chi connectivity index (χ2n) is 8.86. The van der Waals surface area contributed by atoms with Crippen molar-refractivity contribution in [3.8, 4) is 5.75 Å². The van der Waals surface area contributed by atoms with Crippen molar-refractivity contribution in [3.05, 3.63) is 58.7 Å². The predicted octanol–water partition coefficient (Wildman–Crippen LogP) is 3.86. The van der Waals surface area contributed by atoms with Crippen molar-refractivity contribution in [2.24, 2.45) is 5.92 Å². The quantitative estimate of drug-likeness (QED) is 0.632. The molecule has 0 unspecified atom stereocenters. The van der Waals surface area contributed by atoms with Crippen molar-refractivity contribution in [1.29, 1.82) is 0 Å². The summed E-state index contributed by atoms with van der Waals surface area (Å²) in [7, 11) is -1.75. The molecule has 7 heteroatoms. The first-order valence-corrected chi connectivity index (χ1v) is 12.6. The molecule has 174 valence electrons. The number of amides is 1. The van der Waals surface area contributed by atoms with Gasteiger partial charge in [-0.05, 0) is 87.1 Å². The van der Waals surface area contributed by atoms with Crippen LogP contribution in [0, 0.1) is 33.6 Å². The second kappa shape index (κ2) is 10.0. The van der Waals surface area contributed by atoms with E-state index in [9.17, 15) is 13.2 Å². The van der Waals surface area contributed by atoms with E-state index in [1.165, 1.54) is 4.31 Å². The van der Waals surface area contributed by atoms with E-state index in [4.69, 9.17) is 4.74 Å². The van der Waals surface area contributed by atoms with Gasteiger partial charge in [0.25, 0.3) is 0 Å². The van der Waals surface area contributed by atoms with Crippen molar-refractivity contribution in [3.63, 3.8) is 0 Å². The minimum absolute atomic E-state index is 0.0530. The molecule has 0 spiro atoms. The lowest BCUT2D eigenvalue weighted by Gasteiger charge is -2.32. The minimum atomic E-state index is -3.53. The van der Waals surface area contributed by atoms with Gasteiger partial charge in [-0.2, -0.15) is 4.31 Å². The number of likely N-dealkylation sites (N-methyl/N-ethyl adjacent to an activating group) is 1. The topological polar surface area (TPSA) is 66.9 Å². The van der Waals surface area contributed by atoms with Gasteiger partial charge in [0.15, 0.2) is 0 Å². The van der Waals surface area contributed by atoms with Crippen molar-refractivity contribution in [1.82, 2.24) is 9.21 Å². The molecule has 1 fully saturated rings. The molecular weight excluding hydrogens is 424 g/mol. The fraction of sp³-hybridized carbons (Fsp3) is 0.480. The number of nitrogens with zero attached hydrogens (tertiary/aromatic N) is 2. The first-order valence-electron chi connectivity index (χ1n) is 11.1. The Morgan fingerprint density at radius 1 is 1.00 bits per heavy atom. The number of carbonyl (C=O) groups is 1. The zero-order chi connectivity index (χ0) is 23.5. The highest BCUT2D eigenvalue weighted by atomic mass is 32.2. The Labute approximate surface area is 192 Å². The summed E-state index contributed by atoms with van der Waals surface area (Å²) in [6.45, 7) is 9.57. The van der Waals surface area contributed by atoms with E-state index in [0.29, 0.717) is 44.0 Å². The Balaban J connectivity index is 1.51. The molecule has 0 atom stereocenters. The van der Waals surface area contributed by atoms with Crippen LogP contribution in [0.25, 0.3) is 0 Å². The summed E-state index contributed by atoms with van der Waals surface area (Å²) in [4.78, 5) is 14.9. The predicted molar refractivity (Wildman–Crippen MR) is 126 cm³/mol. The summed E-state index contributed by atoms with van der Waals surface area (Å²) >= 11 is 0. The van der Waals surface area contributed by atoms with Gasteiger partial charge in [0.1, 0.15) is 12.4 Å². The third-order valence-electron chi connectivity index (χ3n) is 6.19. The average Bonchev–Trinajstić information content (AvgIpc) is 2.74. The molecule has 1 amide bonds. The van der Waals surface area contributed by atoms with E-state index < -0.39 is 10.0 Å². The molecule has 6 nitrogen and oxygen atoms in total. The molecule has 32 heavy (non-hydrogen) atoms. The Bertz CT molecular complexity index is 1050. The van der Waals surface area contributed by atoms with E-state index in [1.807, 2.05) is 45.9 Å². The Morgan fingerprint density at radius 2 is 1.62 bits per heavy atom. The van der Waals surface area contributed by atoms with Crippen LogP contribution in [0.5, 0.6) is 5.75 Å². The van der Waals surface area contributed by atoms with Crippen molar-refractivity contribution < 1.29 is 17.9 Å². The number of benzene rings is 2. The normalized spacial score (nSPS) is 15.5. The van der Waals surface area contributed by atoms with Crippen LogP contribution < -0.4 is 4.74 Å². The average molecular weight is 459 g/mol. The lowest BCUT2D eigenvalue weighted by Crippen LogP contribution is -2.44. The monoisotopic (exact) mass is 458 g/mol. The summed E-state index contributed by atoms with van der Waals surface area (Å²) < 4.78 is 33.3. The Hall–Kier alpha value is -2.38. The maximum absolute atomic E-state index is 13.0. The number of carbonyl (C=O) groups excluding carboxylic acids is 1. The fourth-order valence-electron chi connectivity index (χ4n) is 4.11. The molecule has 0 N–H and O–H groups in total. The molecule has 2 aromatic rings. The van der Waals surface area contributed by atoms with Gasteiger partial charge in [0.2, 0.25) is 15.9 Å². The molecule has 0 saturated carbocycles. The summed E-state index contributed by atoms with van der Waals surface area (Å²) in [5.41, 5.74) is 4.32. The third kappa shape index (κ3) is 5.70. The highest BCUT2D eigenvalue weighted by Crippen LogP contribution is 2.26. The maximum Gasteiger partial charge on any atom is 0.243 e. The minimum Gasteiger partial charge on any atom is -0.492 e. The van der Waals surface area contributed by atoms with Crippen LogP contribution in [-0.2, 0) is 14.8 Å². The van der Waals surface area contributed by atoms with Crippen LogP contribution in [0.3, 0.4) is 0 Å². The number of sulfonamides is 1. The summed E-state index contributed by atoms with van der Waals surface area (Å²) in [6.07, 6.45) is 1.07. The molecule has 0 bridgehead atoms. The van der Waals surface area contributed by atoms with Gasteiger partial charge < -0.3 is 9.64 Å². The Morgan fingerprint density at radius 3 is 2.22 bits per heavy atom. The number of hydrogen-bond donors (Lipinski definition) is 0. The van der Waals surface area contributed by atoms with Crippen LogP contribution in [0.4, 0.5) is 0 Å². The van der Waals surface area contributed by atoms with Crippen LogP contribution in [0.1, 0.15) is 35.1 Å². The van der Waals surface area contributed by atoms with Gasteiger partial charge in [-0.25, -0.2) is 8.42 Å². The van der Waals surface area contributed by atoms with E-state index in [0.717, 1.165) is 28.0 Å². The standard InChI is InChI=1S/C25H34N2O4S/c1-18-14-19(2)16-23(15-18)31-13-12-26(5)25(28)22-8-10-27(11-9-22)32(29,30)24-7-6-20(3)21(4)17-24/h6-7,14-17,22H,8-13H2,1-5H3. The fourth-order valence-corrected chi connectivity index (χ4v) is 5.66. The lowest BCUT2D eigenvalue weighted by molar-refractivity contribution is -0.135. The van der Waals surface area contributed by atoms with Gasteiger partial charge in [-0.1, -0.05) is 12.1 Å². The first-order chi connectivity index (χ1) is 15.1. The van der Waals surface area contributed by atoms with Crippen molar-refractivity contribution in [2.45, 2.75) is 45.4 Å². The highest BCUT2D eigenvalue weighted by molar-refractivity contribution is 7.89. The molecule has 0 aliphatic carbocycles. The molecule has 1 saturated heterocycles. The van der Waals surface area contributed by atoms with Crippen LogP contribution in [-0.4, -0.2) is 56.8 Å². The summed E-state index contributed by atoms with van der Waals surface area (Å²) in [5.74, 6) is 0.706. The Kier molecular flexibility index (Phi) is 7.62. The highest BCUT2D eigenvalue weighted by Gasteiger charge is 2.33. The maximum atomic E-state index is 13.0. The largest absolute Gasteiger partial charge is 0.492 e. The molecule has 1 heterocycles. The zero-order valence-electron chi connectivity index (χ0n) is 19.7. The van der Waals surface area contributed by atoms with Gasteiger partial charge in [-0.3, -0.25) is 4.79 Å². The number of aryl methyl sites for hydroxylation is 4. The van der Waals surface area contributed by atoms with Crippen LogP contribution in [0.15, 0.2) is 41.3 Å². The van der Waals surface area contributed by atoms with Crippen molar-refractivity contribution in [2.75, 3.05) is 33.3 Å². The van der Waals surface area contributed by atoms with Crippen LogP contribution >= 0.6 is 0 Å². The number of hydrogen-bond acceptors (Lipinski definition) is 4. The van der Waals surface area contributed by atoms with E-state index in [2.05, 4.69) is 6.07 Å². The number of piperidine rings is 1. The molecule has 3 rings (SSSR count). The number of ether oxygens (including phenoxy) is 1. The van der Waals surface area contributed by atoms with Gasteiger partial charge in [0.05, 0.1) is 11.4 Å². The SMILES string of the molecule is Cc1cc(C)cc(OCCN(C)C(=O)C2CCN(S(=O)(=O)c3ccc(C)c(C)c3)CC2)c1. The lowest BCUT2D eigenvalue weighted by atomic mass is 9.97. The summed E-state index contributed by atoms with van der Waals surface area (Å²) in [5, 5.41) is 0.